The van der Waals surface area contributed by atoms with Crippen LogP contribution in [0.5, 0.6) is 0 Å². The number of anilines is 1. The molecule has 0 radical (unpaired) electrons. The minimum atomic E-state index is 0.116. The standard InChI is InChI=1S/C14H13BrCl2N2/c1-2-12(10-6-5-9(16)8-11(10)17)19-13-4-3-7-18-14(13)15/h3-8,12,19H,2H2,1H3. The van der Waals surface area contributed by atoms with E-state index in [1.54, 1.807) is 12.3 Å². The zero-order valence-corrected chi connectivity index (χ0v) is 13.4. The fraction of sp³-hybridized carbons (Fsp3) is 0.214. The first kappa shape index (κ1) is 14.6. The number of rotatable bonds is 4. The van der Waals surface area contributed by atoms with Gasteiger partial charge in [-0.3, -0.25) is 0 Å². The highest BCUT2D eigenvalue weighted by molar-refractivity contribution is 9.10. The van der Waals surface area contributed by atoms with Gasteiger partial charge in [0.2, 0.25) is 0 Å². The lowest BCUT2D eigenvalue weighted by atomic mass is 10.0. The predicted octanol–water partition coefficient (Wildman–Crippen LogP) is 5.71. The van der Waals surface area contributed by atoms with Gasteiger partial charge < -0.3 is 5.32 Å². The van der Waals surface area contributed by atoms with Crippen molar-refractivity contribution in [2.24, 2.45) is 0 Å². The molecule has 1 aromatic carbocycles. The largest absolute Gasteiger partial charge is 0.376 e. The van der Waals surface area contributed by atoms with E-state index in [4.69, 9.17) is 23.2 Å². The molecule has 2 rings (SSSR count). The first-order valence-corrected chi connectivity index (χ1v) is 7.48. The molecule has 2 nitrogen and oxygen atoms in total. The average molecular weight is 360 g/mol. The van der Waals surface area contributed by atoms with E-state index < -0.39 is 0 Å². The molecule has 0 saturated heterocycles. The van der Waals surface area contributed by atoms with Crippen molar-refractivity contribution in [1.82, 2.24) is 4.98 Å². The van der Waals surface area contributed by atoms with E-state index in [9.17, 15) is 0 Å². The van der Waals surface area contributed by atoms with Gasteiger partial charge in [0, 0.05) is 16.2 Å². The molecule has 1 unspecified atom stereocenters. The zero-order chi connectivity index (χ0) is 13.8. The molecule has 0 fully saturated rings. The number of pyridine rings is 1. The van der Waals surface area contributed by atoms with Gasteiger partial charge in [-0.05, 0) is 52.2 Å². The highest BCUT2D eigenvalue weighted by atomic mass is 79.9. The van der Waals surface area contributed by atoms with Gasteiger partial charge in [-0.25, -0.2) is 4.98 Å². The van der Waals surface area contributed by atoms with Crippen molar-refractivity contribution in [3.8, 4) is 0 Å². The molecule has 19 heavy (non-hydrogen) atoms. The van der Waals surface area contributed by atoms with Crippen LogP contribution in [0.4, 0.5) is 5.69 Å². The van der Waals surface area contributed by atoms with Gasteiger partial charge in [-0.1, -0.05) is 36.2 Å². The van der Waals surface area contributed by atoms with Crippen LogP contribution in [0.1, 0.15) is 24.9 Å². The van der Waals surface area contributed by atoms with E-state index in [0.29, 0.717) is 10.0 Å². The summed E-state index contributed by atoms with van der Waals surface area (Å²) in [6, 6.07) is 9.56. The van der Waals surface area contributed by atoms with Gasteiger partial charge >= 0.3 is 0 Å². The Morgan fingerprint density at radius 1 is 1.32 bits per heavy atom. The van der Waals surface area contributed by atoms with Gasteiger partial charge in [0.15, 0.2) is 0 Å². The van der Waals surface area contributed by atoms with Gasteiger partial charge in [-0.2, -0.15) is 0 Å². The monoisotopic (exact) mass is 358 g/mol. The molecule has 2 aromatic rings. The smallest absolute Gasteiger partial charge is 0.129 e. The van der Waals surface area contributed by atoms with Crippen molar-refractivity contribution in [3.05, 3.63) is 56.7 Å². The van der Waals surface area contributed by atoms with Gasteiger partial charge in [-0.15, -0.1) is 0 Å². The lowest BCUT2D eigenvalue weighted by molar-refractivity contribution is 0.748. The first-order valence-electron chi connectivity index (χ1n) is 5.93. The Hall–Kier alpha value is -0.770. The highest BCUT2D eigenvalue weighted by Crippen LogP contribution is 2.32. The number of nitrogens with one attached hydrogen (secondary N) is 1. The Kier molecular flexibility index (Phi) is 5.08. The summed E-state index contributed by atoms with van der Waals surface area (Å²) in [7, 11) is 0. The summed E-state index contributed by atoms with van der Waals surface area (Å²) >= 11 is 15.6. The molecule has 0 saturated carbocycles. The fourth-order valence-corrected chi connectivity index (χ4v) is 2.77. The molecule has 0 aliphatic rings. The predicted molar refractivity (Wildman–Crippen MR) is 85.1 cm³/mol. The SMILES string of the molecule is CCC(Nc1cccnc1Br)c1ccc(Cl)cc1Cl. The Balaban J connectivity index is 2.28. The van der Waals surface area contributed by atoms with E-state index in [1.807, 2.05) is 24.3 Å². The van der Waals surface area contributed by atoms with Crippen molar-refractivity contribution < 1.29 is 0 Å². The van der Waals surface area contributed by atoms with Crippen molar-refractivity contribution in [2.45, 2.75) is 19.4 Å². The molecule has 0 aliphatic carbocycles. The highest BCUT2D eigenvalue weighted by Gasteiger charge is 2.14. The Bertz CT molecular complexity index is 575. The average Bonchev–Trinajstić information content (AvgIpc) is 2.39. The van der Waals surface area contributed by atoms with Crippen molar-refractivity contribution in [3.63, 3.8) is 0 Å². The van der Waals surface area contributed by atoms with Crippen molar-refractivity contribution in [1.29, 1.82) is 0 Å². The Morgan fingerprint density at radius 3 is 2.74 bits per heavy atom. The molecule has 1 heterocycles. The van der Waals surface area contributed by atoms with Crippen molar-refractivity contribution >= 4 is 44.8 Å². The molecule has 1 N–H and O–H groups in total. The Labute approximate surface area is 131 Å². The van der Waals surface area contributed by atoms with Crippen LogP contribution in [0.25, 0.3) is 0 Å². The molecule has 1 atom stereocenters. The molecular formula is C14H13BrCl2N2. The summed E-state index contributed by atoms with van der Waals surface area (Å²) in [4.78, 5) is 4.20. The van der Waals surface area contributed by atoms with E-state index in [0.717, 1.165) is 22.3 Å². The van der Waals surface area contributed by atoms with Crippen LogP contribution in [0.3, 0.4) is 0 Å². The summed E-state index contributed by atoms with van der Waals surface area (Å²) in [5.41, 5.74) is 1.98. The maximum Gasteiger partial charge on any atom is 0.129 e. The van der Waals surface area contributed by atoms with Crippen LogP contribution in [0, 0.1) is 0 Å². The second kappa shape index (κ2) is 6.60. The van der Waals surface area contributed by atoms with Crippen molar-refractivity contribution in [2.75, 3.05) is 5.32 Å². The van der Waals surface area contributed by atoms with Crippen LogP contribution in [-0.4, -0.2) is 4.98 Å². The van der Waals surface area contributed by atoms with E-state index in [1.165, 1.54) is 0 Å². The Morgan fingerprint density at radius 2 is 2.11 bits per heavy atom. The second-order valence-electron chi connectivity index (χ2n) is 4.11. The quantitative estimate of drug-likeness (QED) is 0.706. The summed E-state index contributed by atoms with van der Waals surface area (Å²) in [5.74, 6) is 0. The lowest BCUT2D eigenvalue weighted by Crippen LogP contribution is -2.11. The normalized spacial score (nSPS) is 12.2. The summed E-state index contributed by atoms with van der Waals surface area (Å²) < 4.78 is 0.790. The van der Waals surface area contributed by atoms with E-state index in [-0.39, 0.29) is 6.04 Å². The maximum absolute atomic E-state index is 6.26. The minimum absolute atomic E-state index is 0.116. The number of benzene rings is 1. The number of nitrogens with zero attached hydrogens (tertiary/aromatic N) is 1. The second-order valence-corrected chi connectivity index (χ2v) is 5.71. The maximum atomic E-state index is 6.26. The molecule has 0 amide bonds. The topological polar surface area (TPSA) is 24.9 Å². The summed E-state index contributed by atoms with van der Waals surface area (Å²) in [5, 5.41) is 4.75. The summed E-state index contributed by atoms with van der Waals surface area (Å²) in [6.07, 6.45) is 2.65. The van der Waals surface area contributed by atoms with Gasteiger partial charge in [0.1, 0.15) is 4.60 Å². The molecule has 0 bridgehead atoms. The lowest BCUT2D eigenvalue weighted by Gasteiger charge is -2.20. The van der Waals surface area contributed by atoms with Crippen LogP contribution in [0.15, 0.2) is 41.1 Å². The third kappa shape index (κ3) is 3.62. The third-order valence-electron chi connectivity index (χ3n) is 2.83. The number of halogens is 3. The first-order chi connectivity index (χ1) is 9.11. The molecule has 5 heteroatoms. The van der Waals surface area contributed by atoms with E-state index >= 15 is 0 Å². The van der Waals surface area contributed by atoms with Gasteiger partial charge in [0.25, 0.3) is 0 Å². The molecular weight excluding hydrogens is 347 g/mol. The molecule has 1 aromatic heterocycles. The zero-order valence-electron chi connectivity index (χ0n) is 10.3. The van der Waals surface area contributed by atoms with Crippen LogP contribution in [0.2, 0.25) is 10.0 Å². The van der Waals surface area contributed by atoms with Gasteiger partial charge in [0.05, 0.1) is 11.7 Å². The number of hydrogen-bond acceptors (Lipinski definition) is 2. The molecule has 100 valence electrons. The van der Waals surface area contributed by atoms with E-state index in [2.05, 4.69) is 33.2 Å². The third-order valence-corrected chi connectivity index (χ3v) is 4.03. The number of hydrogen-bond donors (Lipinski definition) is 1. The van der Waals surface area contributed by atoms with Crippen LogP contribution in [-0.2, 0) is 0 Å². The van der Waals surface area contributed by atoms with Crippen LogP contribution >= 0.6 is 39.1 Å². The van der Waals surface area contributed by atoms with Crippen LogP contribution < -0.4 is 5.32 Å². The summed E-state index contributed by atoms with van der Waals surface area (Å²) in [6.45, 7) is 2.10. The molecule has 0 spiro atoms. The molecule has 0 aliphatic heterocycles. The fourth-order valence-electron chi connectivity index (χ4n) is 1.87. The number of aromatic nitrogens is 1. The minimum Gasteiger partial charge on any atom is -0.376 e.